The Morgan fingerprint density at radius 1 is 1.00 bits per heavy atom. The average Bonchev–Trinajstić information content (AvgIpc) is 2.68. The van der Waals surface area contributed by atoms with Gasteiger partial charge in [0.25, 0.3) is 0 Å². The van der Waals surface area contributed by atoms with E-state index in [1.165, 1.54) is 11.1 Å². The Bertz CT molecular complexity index is 852. The van der Waals surface area contributed by atoms with Gasteiger partial charge in [-0.25, -0.2) is 9.97 Å². The summed E-state index contributed by atoms with van der Waals surface area (Å²) in [6, 6.07) is 17.0. The minimum Gasteiger partial charge on any atom is -0.381 e. The molecule has 128 valence electrons. The lowest BCUT2D eigenvalue weighted by atomic mass is 9.74. The van der Waals surface area contributed by atoms with E-state index in [1.54, 1.807) is 6.33 Å². The molecular weight excluding hydrogens is 310 g/mol. The van der Waals surface area contributed by atoms with E-state index in [1.807, 2.05) is 12.1 Å². The van der Waals surface area contributed by atoms with Crippen molar-refractivity contribution in [1.82, 2.24) is 9.97 Å². The molecule has 0 bridgehead atoms. The molecule has 0 spiro atoms. The van der Waals surface area contributed by atoms with Crippen molar-refractivity contribution in [2.45, 2.75) is 25.2 Å². The van der Waals surface area contributed by atoms with Crippen LogP contribution in [0.25, 0.3) is 10.9 Å². The zero-order valence-corrected chi connectivity index (χ0v) is 14.5. The van der Waals surface area contributed by atoms with Crippen LogP contribution in [0, 0.1) is 6.92 Å². The second kappa shape index (κ2) is 6.81. The van der Waals surface area contributed by atoms with Crippen LogP contribution in [-0.2, 0) is 10.2 Å². The summed E-state index contributed by atoms with van der Waals surface area (Å²) in [5.74, 6) is 0.921. The first-order valence-corrected chi connectivity index (χ1v) is 8.86. The number of aryl methyl sites for hydroxylation is 1. The standard InChI is InChI=1S/C21H23N3O/c1-16-6-5-9-18-19(16)20(24-15-23-18)22-14-21(10-12-25-13-11-21)17-7-3-2-4-8-17/h2-9,15H,10-14H2,1H3,(H,22,23,24). The van der Waals surface area contributed by atoms with Crippen LogP contribution in [-0.4, -0.2) is 29.7 Å². The molecule has 25 heavy (non-hydrogen) atoms. The first kappa shape index (κ1) is 16.0. The Morgan fingerprint density at radius 2 is 1.80 bits per heavy atom. The van der Waals surface area contributed by atoms with E-state index in [0.717, 1.165) is 49.3 Å². The maximum Gasteiger partial charge on any atom is 0.137 e. The number of rotatable bonds is 4. The van der Waals surface area contributed by atoms with E-state index in [4.69, 9.17) is 4.74 Å². The van der Waals surface area contributed by atoms with Gasteiger partial charge in [-0.3, -0.25) is 0 Å². The van der Waals surface area contributed by atoms with Crippen LogP contribution in [0.15, 0.2) is 54.9 Å². The molecule has 4 heteroatoms. The van der Waals surface area contributed by atoms with Crippen LogP contribution in [0.2, 0.25) is 0 Å². The Labute approximate surface area is 148 Å². The molecule has 4 nitrogen and oxygen atoms in total. The van der Waals surface area contributed by atoms with Crippen molar-refractivity contribution in [3.63, 3.8) is 0 Å². The van der Waals surface area contributed by atoms with Gasteiger partial charge in [-0.15, -0.1) is 0 Å². The third-order valence-corrected chi connectivity index (χ3v) is 5.30. The fraction of sp³-hybridized carbons (Fsp3) is 0.333. The van der Waals surface area contributed by atoms with Crippen LogP contribution in [0.4, 0.5) is 5.82 Å². The lowest BCUT2D eigenvalue weighted by Gasteiger charge is -2.38. The van der Waals surface area contributed by atoms with Gasteiger partial charge in [0.15, 0.2) is 0 Å². The Balaban J connectivity index is 1.67. The molecule has 1 aromatic heterocycles. The lowest BCUT2D eigenvalue weighted by Crippen LogP contribution is -2.40. The van der Waals surface area contributed by atoms with Gasteiger partial charge < -0.3 is 10.1 Å². The largest absolute Gasteiger partial charge is 0.381 e. The van der Waals surface area contributed by atoms with Gasteiger partial charge in [-0.05, 0) is 37.0 Å². The third kappa shape index (κ3) is 3.10. The molecule has 0 radical (unpaired) electrons. The molecule has 1 aliphatic heterocycles. The molecule has 0 amide bonds. The predicted octanol–water partition coefficient (Wildman–Crippen LogP) is 4.10. The van der Waals surface area contributed by atoms with Gasteiger partial charge in [-0.2, -0.15) is 0 Å². The number of ether oxygens (including phenoxy) is 1. The fourth-order valence-corrected chi connectivity index (χ4v) is 3.79. The molecule has 0 saturated carbocycles. The number of nitrogens with zero attached hydrogens (tertiary/aromatic N) is 2. The second-order valence-corrected chi connectivity index (χ2v) is 6.80. The monoisotopic (exact) mass is 333 g/mol. The Hall–Kier alpha value is -2.46. The topological polar surface area (TPSA) is 47.0 Å². The van der Waals surface area contributed by atoms with Crippen molar-refractivity contribution in [3.8, 4) is 0 Å². The zero-order chi connectivity index (χ0) is 17.1. The molecule has 1 N–H and O–H groups in total. The van der Waals surface area contributed by atoms with Crippen LogP contribution in [0.1, 0.15) is 24.0 Å². The van der Waals surface area contributed by atoms with Crippen LogP contribution in [0.5, 0.6) is 0 Å². The van der Waals surface area contributed by atoms with Gasteiger partial charge >= 0.3 is 0 Å². The molecule has 0 atom stereocenters. The highest BCUT2D eigenvalue weighted by atomic mass is 16.5. The molecule has 1 fully saturated rings. The molecule has 0 unspecified atom stereocenters. The van der Waals surface area contributed by atoms with Crippen molar-refractivity contribution in [2.75, 3.05) is 25.1 Å². The number of anilines is 1. The summed E-state index contributed by atoms with van der Waals surface area (Å²) >= 11 is 0. The smallest absolute Gasteiger partial charge is 0.137 e. The number of aromatic nitrogens is 2. The summed E-state index contributed by atoms with van der Waals surface area (Å²) < 4.78 is 5.63. The normalized spacial score (nSPS) is 16.7. The molecule has 2 heterocycles. The minimum atomic E-state index is 0.0828. The minimum absolute atomic E-state index is 0.0828. The van der Waals surface area contributed by atoms with Gasteiger partial charge in [0.1, 0.15) is 12.1 Å². The molecular formula is C21H23N3O. The Kier molecular flexibility index (Phi) is 4.36. The van der Waals surface area contributed by atoms with Gasteiger partial charge in [0.2, 0.25) is 0 Å². The summed E-state index contributed by atoms with van der Waals surface area (Å²) in [6.07, 6.45) is 3.68. The lowest BCUT2D eigenvalue weighted by molar-refractivity contribution is 0.0544. The van der Waals surface area contributed by atoms with E-state index < -0.39 is 0 Å². The average molecular weight is 333 g/mol. The van der Waals surface area contributed by atoms with Crippen LogP contribution < -0.4 is 5.32 Å². The summed E-state index contributed by atoms with van der Waals surface area (Å²) in [7, 11) is 0. The first-order valence-electron chi connectivity index (χ1n) is 8.86. The number of hydrogen-bond acceptors (Lipinski definition) is 4. The zero-order valence-electron chi connectivity index (χ0n) is 14.5. The SMILES string of the molecule is Cc1cccc2ncnc(NCC3(c4ccccc4)CCOCC3)c12. The second-order valence-electron chi connectivity index (χ2n) is 6.80. The number of fused-ring (bicyclic) bond motifs is 1. The van der Waals surface area contributed by atoms with Crippen LogP contribution in [0.3, 0.4) is 0 Å². The maximum atomic E-state index is 5.63. The number of nitrogens with one attached hydrogen (secondary N) is 1. The van der Waals surface area contributed by atoms with Crippen molar-refractivity contribution < 1.29 is 4.74 Å². The molecule has 3 aromatic rings. The molecule has 0 aliphatic carbocycles. The van der Waals surface area contributed by atoms with Crippen molar-refractivity contribution in [1.29, 1.82) is 0 Å². The van der Waals surface area contributed by atoms with Gasteiger partial charge in [0.05, 0.1) is 5.52 Å². The molecule has 4 rings (SSSR count). The maximum absolute atomic E-state index is 5.63. The summed E-state index contributed by atoms with van der Waals surface area (Å²) in [4.78, 5) is 8.93. The van der Waals surface area contributed by atoms with Crippen molar-refractivity contribution in [3.05, 3.63) is 66.0 Å². The quantitative estimate of drug-likeness (QED) is 0.781. The highest BCUT2D eigenvalue weighted by Crippen LogP contribution is 2.35. The Morgan fingerprint density at radius 3 is 2.60 bits per heavy atom. The highest BCUT2D eigenvalue weighted by molar-refractivity contribution is 5.91. The first-order chi connectivity index (χ1) is 12.3. The molecule has 1 saturated heterocycles. The molecule has 2 aromatic carbocycles. The number of benzene rings is 2. The van der Waals surface area contributed by atoms with E-state index in [2.05, 4.69) is 58.6 Å². The number of hydrogen-bond donors (Lipinski definition) is 1. The van der Waals surface area contributed by atoms with E-state index in [0.29, 0.717) is 0 Å². The van der Waals surface area contributed by atoms with Crippen LogP contribution >= 0.6 is 0 Å². The van der Waals surface area contributed by atoms with Crippen molar-refractivity contribution >= 4 is 16.7 Å². The van der Waals surface area contributed by atoms with Gasteiger partial charge in [-0.1, -0.05) is 42.5 Å². The summed E-state index contributed by atoms with van der Waals surface area (Å²) in [5, 5.41) is 4.74. The predicted molar refractivity (Wildman–Crippen MR) is 101 cm³/mol. The summed E-state index contributed by atoms with van der Waals surface area (Å²) in [6.45, 7) is 4.57. The summed E-state index contributed by atoms with van der Waals surface area (Å²) in [5.41, 5.74) is 3.64. The third-order valence-electron chi connectivity index (χ3n) is 5.30. The highest BCUT2D eigenvalue weighted by Gasteiger charge is 2.34. The fourth-order valence-electron chi connectivity index (χ4n) is 3.79. The van der Waals surface area contributed by atoms with E-state index >= 15 is 0 Å². The molecule has 1 aliphatic rings. The van der Waals surface area contributed by atoms with E-state index in [9.17, 15) is 0 Å². The van der Waals surface area contributed by atoms with Crippen molar-refractivity contribution in [2.24, 2.45) is 0 Å². The van der Waals surface area contributed by atoms with E-state index in [-0.39, 0.29) is 5.41 Å². The van der Waals surface area contributed by atoms with Gasteiger partial charge in [0, 0.05) is 30.6 Å².